The number of aromatic nitrogens is 1. The average molecular weight is 412 g/mol. The molecule has 0 radical (unpaired) electrons. The second kappa shape index (κ2) is 10.5. The quantitative estimate of drug-likeness (QED) is 0.526. The molecule has 0 aliphatic rings. The number of para-hydroxylation sites is 1. The van der Waals surface area contributed by atoms with E-state index < -0.39 is 6.10 Å². The summed E-state index contributed by atoms with van der Waals surface area (Å²) in [5.74, 6) is 1.49. The van der Waals surface area contributed by atoms with Crippen LogP contribution in [0, 0.1) is 0 Å². The van der Waals surface area contributed by atoms with Crippen LogP contribution >= 0.6 is 0 Å². The highest BCUT2D eigenvalue weighted by atomic mass is 16.5. The number of rotatable bonds is 11. The molecule has 2 aromatic carbocycles. The minimum Gasteiger partial charge on any atom is -0.493 e. The fourth-order valence-electron chi connectivity index (χ4n) is 3.59. The third kappa shape index (κ3) is 5.98. The van der Waals surface area contributed by atoms with Crippen LogP contribution in [0.1, 0.15) is 5.56 Å². The number of fused-ring (bicyclic) bond motifs is 1. The Morgan fingerprint density at radius 3 is 2.60 bits per heavy atom. The predicted molar refractivity (Wildman–Crippen MR) is 121 cm³/mol. The monoisotopic (exact) mass is 411 g/mol. The number of hydrogen-bond donors (Lipinski definition) is 1. The smallest absolute Gasteiger partial charge is 0.161 e. The summed E-state index contributed by atoms with van der Waals surface area (Å²) in [7, 11) is 7.72. The van der Waals surface area contributed by atoms with Crippen molar-refractivity contribution in [1.82, 2.24) is 14.4 Å². The van der Waals surface area contributed by atoms with Gasteiger partial charge in [0.05, 0.1) is 13.2 Å². The minimum atomic E-state index is -0.457. The molecule has 0 aliphatic heterocycles. The van der Waals surface area contributed by atoms with Gasteiger partial charge in [0.15, 0.2) is 11.5 Å². The maximum absolute atomic E-state index is 10.6. The van der Waals surface area contributed by atoms with Crippen LogP contribution in [0.3, 0.4) is 0 Å². The fraction of sp³-hybridized carbons (Fsp3) is 0.417. The van der Waals surface area contributed by atoms with Crippen molar-refractivity contribution in [2.45, 2.75) is 19.2 Å². The van der Waals surface area contributed by atoms with Gasteiger partial charge in [-0.1, -0.05) is 24.3 Å². The van der Waals surface area contributed by atoms with Crippen LogP contribution in [0.15, 0.2) is 54.7 Å². The van der Waals surface area contributed by atoms with Crippen molar-refractivity contribution in [3.05, 3.63) is 60.3 Å². The maximum atomic E-state index is 10.6. The lowest BCUT2D eigenvalue weighted by molar-refractivity contribution is 0.108. The zero-order chi connectivity index (χ0) is 21.5. The first-order chi connectivity index (χ1) is 14.5. The first-order valence-electron chi connectivity index (χ1n) is 10.3. The van der Waals surface area contributed by atoms with Crippen molar-refractivity contribution in [1.29, 1.82) is 0 Å². The number of ether oxygens (including phenoxy) is 2. The third-order valence-electron chi connectivity index (χ3n) is 5.09. The molecule has 0 aliphatic carbocycles. The second-order valence-corrected chi connectivity index (χ2v) is 8.01. The Kier molecular flexibility index (Phi) is 7.74. The molecule has 0 unspecified atom stereocenters. The van der Waals surface area contributed by atoms with E-state index in [4.69, 9.17) is 9.47 Å². The van der Waals surface area contributed by atoms with Gasteiger partial charge in [-0.2, -0.15) is 0 Å². The van der Waals surface area contributed by atoms with Crippen LogP contribution in [0.2, 0.25) is 0 Å². The van der Waals surface area contributed by atoms with E-state index in [1.807, 2.05) is 51.6 Å². The van der Waals surface area contributed by atoms with E-state index in [-0.39, 0.29) is 0 Å². The second-order valence-electron chi connectivity index (χ2n) is 8.01. The SMILES string of the molecule is COc1cc(CN(C)C[C@H](O)Cn2ccc3ccccc32)ccc1OCCN(C)C. The van der Waals surface area contributed by atoms with Crippen LogP contribution in [-0.2, 0) is 13.1 Å². The molecular weight excluding hydrogens is 378 g/mol. The molecule has 3 rings (SSSR count). The Hall–Kier alpha value is -2.54. The maximum Gasteiger partial charge on any atom is 0.161 e. The van der Waals surface area contributed by atoms with Crippen molar-refractivity contribution < 1.29 is 14.6 Å². The summed E-state index contributed by atoms with van der Waals surface area (Å²) in [6.07, 6.45) is 1.58. The van der Waals surface area contributed by atoms with E-state index >= 15 is 0 Å². The van der Waals surface area contributed by atoms with Crippen LogP contribution in [0.25, 0.3) is 10.9 Å². The predicted octanol–water partition coefficient (Wildman–Crippen LogP) is 3.08. The third-order valence-corrected chi connectivity index (χ3v) is 5.09. The molecule has 0 saturated heterocycles. The van der Waals surface area contributed by atoms with E-state index in [1.54, 1.807) is 7.11 Å². The topological polar surface area (TPSA) is 50.1 Å². The summed E-state index contributed by atoms with van der Waals surface area (Å²) in [5, 5.41) is 11.8. The lowest BCUT2D eigenvalue weighted by Crippen LogP contribution is -2.31. The Labute approximate surface area is 179 Å². The molecule has 0 spiro atoms. The van der Waals surface area contributed by atoms with Gasteiger partial charge in [0, 0.05) is 37.9 Å². The Balaban J connectivity index is 1.55. The first-order valence-corrected chi connectivity index (χ1v) is 10.3. The highest BCUT2D eigenvalue weighted by molar-refractivity contribution is 5.79. The van der Waals surface area contributed by atoms with Gasteiger partial charge in [-0.3, -0.25) is 4.90 Å². The molecule has 6 heteroatoms. The van der Waals surface area contributed by atoms with Gasteiger partial charge in [0.2, 0.25) is 0 Å². The van der Waals surface area contributed by atoms with Crippen LogP contribution < -0.4 is 9.47 Å². The standard InChI is InChI=1S/C24H33N3O3/c1-25(2)13-14-30-23-10-9-19(15-24(23)29-4)16-26(3)17-21(28)18-27-12-11-20-7-5-6-8-22(20)27/h5-12,15,21,28H,13-14,16-18H2,1-4H3/t21-/m0/s1. The average Bonchev–Trinajstić information content (AvgIpc) is 3.11. The summed E-state index contributed by atoms with van der Waals surface area (Å²) < 4.78 is 13.4. The number of aliphatic hydroxyl groups excluding tert-OH is 1. The molecule has 162 valence electrons. The molecule has 1 aromatic heterocycles. The summed E-state index contributed by atoms with van der Waals surface area (Å²) in [6, 6.07) is 16.3. The van der Waals surface area contributed by atoms with Crippen molar-refractivity contribution >= 4 is 10.9 Å². The van der Waals surface area contributed by atoms with Crippen molar-refractivity contribution in [3.8, 4) is 11.5 Å². The molecule has 0 saturated carbocycles. The summed E-state index contributed by atoms with van der Waals surface area (Å²) in [5.41, 5.74) is 2.27. The molecule has 0 bridgehead atoms. The van der Waals surface area contributed by atoms with Crippen LogP contribution in [0.4, 0.5) is 0 Å². The Morgan fingerprint density at radius 1 is 1.03 bits per heavy atom. The fourth-order valence-corrected chi connectivity index (χ4v) is 3.59. The van der Waals surface area contributed by atoms with Gasteiger partial charge < -0.3 is 24.0 Å². The molecule has 30 heavy (non-hydrogen) atoms. The van der Waals surface area contributed by atoms with Crippen LogP contribution in [0.5, 0.6) is 11.5 Å². The van der Waals surface area contributed by atoms with Gasteiger partial charge >= 0.3 is 0 Å². The van der Waals surface area contributed by atoms with Gasteiger partial charge in [-0.05, 0) is 56.4 Å². The van der Waals surface area contributed by atoms with E-state index in [0.717, 1.165) is 35.7 Å². The number of methoxy groups -OCH3 is 1. The molecule has 1 N–H and O–H groups in total. The number of nitrogens with zero attached hydrogens (tertiary/aromatic N) is 3. The molecule has 1 atom stereocenters. The van der Waals surface area contributed by atoms with Crippen LogP contribution in [-0.4, -0.2) is 73.5 Å². The number of aliphatic hydroxyl groups is 1. The molecule has 0 fully saturated rings. The van der Waals surface area contributed by atoms with E-state index in [2.05, 4.69) is 38.6 Å². The van der Waals surface area contributed by atoms with E-state index in [9.17, 15) is 5.11 Å². The number of benzene rings is 2. The summed E-state index contributed by atoms with van der Waals surface area (Å²) in [4.78, 5) is 4.20. The summed E-state index contributed by atoms with van der Waals surface area (Å²) in [6.45, 7) is 3.33. The number of likely N-dealkylation sites (N-methyl/N-ethyl adjacent to an activating group) is 2. The van der Waals surface area contributed by atoms with Crippen molar-refractivity contribution in [3.63, 3.8) is 0 Å². The zero-order valence-corrected chi connectivity index (χ0v) is 18.4. The Morgan fingerprint density at radius 2 is 1.83 bits per heavy atom. The molecule has 6 nitrogen and oxygen atoms in total. The zero-order valence-electron chi connectivity index (χ0n) is 18.4. The number of hydrogen-bond acceptors (Lipinski definition) is 5. The highest BCUT2D eigenvalue weighted by Crippen LogP contribution is 2.28. The highest BCUT2D eigenvalue weighted by Gasteiger charge is 2.13. The normalized spacial score (nSPS) is 12.6. The molecular formula is C24H33N3O3. The van der Waals surface area contributed by atoms with Gasteiger partial charge in [-0.15, -0.1) is 0 Å². The summed E-state index contributed by atoms with van der Waals surface area (Å²) >= 11 is 0. The van der Waals surface area contributed by atoms with Gasteiger partial charge in [0.1, 0.15) is 6.61 Å². The molecule has 0 amide bonds. The molecule has 1 heterocycles. The van der Waals surface area contributed by atoms with E-state index in [0.29, 0.717) is 19.7 Å². The first kappa shape index (κ1) is 22.2. The molecule has 3 aromatic rings. The van der Waals surface area contributed by atoms with E-state index in [1.165, 1.54) is 5.39 Å². The lowest BCUT2D eigenvalue weighted by atomic mass is 10.2. The van der Waals surface area contributed by atoms with Crippen molar-refractivity contribution in [2.75, 3.05) is 47.9 Å². The minimum absolute atomic E-state index is 0.457. The Bertz CT molecular complexity index is 938. The largest absolute Gasteiger partial charge is 0.493 e. The van der Waals surface area contributed by atoms with Crippen molar-refractivity contribution in [2.24, 2.45) is 0 Å². The van der Waals surface area contributed by atoms with Gasteiger partial charge in [0.25, 0.3) is 0 Å². The lowest BCUT2D eigenvalue weighted by Gasteiger charge is -2.22. The van der Waals surface area contributed by atoms with Gasteiger partial charge in [-0.25, -0.2) is 0 Å².